The van der Waals surface area contributed by atoms with Crippen LogP contribution in [0.5, 0.6) is 0 Å². The summed E-state index contributed by atoms with van der Waals surface area (Å²) in [4.78, 5) is 39.4. The number of hydrogen-bond donors (Lipinski definition) is 2. The zero-order valence-corrected chi connectivity index (χ0v) is 14.8. The molecule has 0 aliphatic heterocycles. The first-order valence-electron chi connectivity index (χ1n) is 7.24. The summed E-state index contributed by atoms with van der Waals surface area (Å²) in [5, 5.41) is 11.8. The minimum Gasteiger partial charge on any atom is -0.480 e. The van der Waals surface area contributed by atoms with Gasteiger partial charge >= 0.3 is 11.9 Å². The number of rotatable bonds is 6. The third-order valence-corrected chi connectivity index (χ3v) is 4.12. The van der Waals surface area contributed by atoms with Crippen molar-refractivity contribution in [1.82, 2.24) is 10.3 Å². The smallest absolute Gasteiger partial charge is 0.337 e. The molecule has 0 unspecified atom stereocenters. The molecule has 0 radical (unpaired) electrons. The Morgan fingerprint density at radius 1 is 1.24 bits per heavy atom. The summed E-state index contributed by atoms with van der Waals surface area (Å²) < 4.78 is 5.12. The molecule has 1 amide bonds. The first-order valence-corrected chi connectivity index (χ1v) is 8.03. The number of amides is 1. The number of aromatic nitrogens is 1. The highest BCUT2D eigenvalue weighted by molar-refractivity contribution is 9.10. The van der Waals surface area contributed by atoms with E-state index in [1.54, 1.807) is 18.3 Å². The number of nitrogens with one attached hydrogen (secondary N) is 1. The van der Waals surface area contributed by atoms with Crippen LogP contribution in [-0.2, 0) is 16.0 Å². The predicted molar refractivity (Wildman–Crippen MR) is 92.3 cm³/mol. The zero-order valence-electron chi connectivity index (χ0n) is 13.2. The fraction of sp³-hybridized carbons (Fsp3) is 0.176. The third-order valence-electron chi connectivity index (χ3n) is 3.41. The van der Waals surface area contributed by atoms with Crippen LogP contribution in [0.2, 0.25) is 0 Å². The highest BCUT2D eigenvalue weighted by Gasteiger charge is 2.22. The third kappa shape index (κ3) is 4.87. The van der Waals surface area contributed by atoms with E-state index in [9.17, 15) is 19.5 Å². The molecule has 2 rings (SSSR count). The van der Waals surface area contributed by atoms with Gasteiger partial charge in [0, 0.05) is 18.2 Å². The molecule has 0 aliphatic rings. The molecular formula is C17H15BrN2O5. The number of carboxylic acids is 1. The normalized spacial score (nSPS) is 11.4. The molecule has 7 nitrogen and oxygen atoms in total. The maximum absolute atomic E-state index is 12.3. The van der Waals surface area contributed by atoms with Gasteiger partial charge in [0.15, 0.2) is 0 Å². The van der Waals surface area contributed by atoms with Crippen LogP contribution in [0, 0.1) is 0 Å². The Bertz CT molecular complexity index is 809. The highest BCUT2D eigenvalue weighted by atomic mass is 79.9. The Morgan fingerprint density at radius 3 is 2.60 bits per heavy atom. The SMILES string of the molecule is COC(=O)c1cccc(C(=O)N[C@H](Cc2cccnc2Br)C(=O)O)c1. The molecule has 1 atom stereocenters. The lowest BCUT2D eigenvalue weighted by atomic mass is 10.1. The monoisotopic (exact) mass is 406 g/mol. The van der Waals surface area contributed by atoms with Gasteiger partial charge < -0.3 is 15.2 Å². The van der Waals surface area contributed by atoms with E-state index in [0.717, 1.165) is 0 Å². The number of benzene rings is 1. The van der Waals surface area contributed by atoms with Gasteiger partial charge in [-0.05, 0) is 45.8 Å². The van der Waals surface area contributed by atoms with E-state index >= 15 is 0 Å². The average molecular weight is 407 g/mol. The lowest BCUT2D eigenvalue weighted by molar-refractivity contribution is -0.139. The van der Waals surface area contributed by atoms with E-state index in [4.69, 9.17) is 0 Å². The summed E-state index contributed by atoms with van der Waals surface area (Å²) in [6.45, 7) is 0. The van der Waals surface area contributed by atoms with E-state index in [1.165, 1.54) is 31.4 Å². The molecule has 0 saturated heterocycles. The van der Waals surface area contributed by atoms with Gasteiger partial charge in [0.1, 0.15) is 10.6 Å². The van der Waals surface area contributed by atoms with E-state index in [2.05, 4.69) is 31.0 Å². The van der Waals surface area contributed by atoms with E-state index in [-0.39, 0.29) is 17.5 Å². The van der Waals surface area contributed by atoms with Crippen molar-refractivity contribution < 1.29 is 24.2 Å². The fourth-order valence-electron chi connectivity index (χ4n) is 2.14. The van der Waals surface area contributed by atoms with Crippen LogP contribution in [0.4, 0.5) is 0 Å². The van der Waals surface area contributed by atoms with Crippen molar-refractivity contribution in [3.05, 3.63) is 63.9 Å². The Morgan fingerprint density at radius 2 is 1.96 bits per heavy atom. The molecule has 0 spiro atoms. The summed E-state index contributed by atoms with van der Waals surface area (Å²) in [5.74, 6) is -2.35. The predicted octanol–water partition coefficient (Wildman–Crippen LogP) is 2.06. The molecule has 1 heterocycles. The van der Waals surface area contributed by atoms with Crippen LogP contribution < -0.4 is 5.32 Å². The molecular weight excluding hydrogens is 392 g/mol. The van der Waals surface area contributed by atoms with Crippen molar-refractivity contribution in [2.45, 2.75) is 12.5 Å². The Labute approximate surface area is 152 Å². The largest absolute Gasteiger partial charge is 0.480 e. The van der Waals surface area contributed by atoms with Crippen LogP contribution >= 0.6 is 15.9 Å². The van der Waals surface area contributed by atoms with Crippen LogP contribution in [0.1, 0.15) is 26.3 Å². The lowest BCUT2D eigenvalue weighted by Crippen LogP contribution is -2.42. The molecule has 0 fully saturated rings. The number of carbonyl (C=O) groups excluding carboxylic acids is 2. The van der Waals surface area contributed by atoms with Crippen LogP contribution in [-0.4, -0.2) is 41.1 Å². The highest BCUT2D eigenvalue weighted by Crippen LogP contribution is 2.15. The summed E-state index contributed by atoms with van der Waals surface area (Å²) >= 11 is 3.25. The summed E-state index contributed by atoms with van der Waals surface area (Å²) in [5.41, 5.74) is 1.02. The van der Waals surface area contributed by atoms with Gasteiger partial charge in [-0.1, -0.05) is 12.1 Å². The fourth-order valence-corrected chi connectivity index (χ4v) is 2.55. The van der Waals surface area contributed by atoms with E-state index in [1.807, 2.05) is 0 Å². The Balaban J connectivity index is 2.17. The number of aliphatic carboxylic acids is 1. The number of methoxy groups -OCH3 is 1. The molecule has 25 heavy (non-hydrogen) atoms. The molecule has 2 aromatic rings. The van der Waals surface area contributed by atoms with Gasteiger partial charge in [-0.3, -0.25) is 4.79 Å². The van der Waals surface area contributed by atoms with Gasteiger partial charge in [-0.15, -0.1) is 0 Å². The topological polar surface area (TPSA) is 106 Å². The second-order valence-electron chi connectivity index (χ2n) is 5.09. The molecule has 2 N–H and O–H groups in total. The minimum absolute atomic E-state index is 0.0617. The second-order valence-corrected chi connectivity index (χ2v) is 5.85. The van der Waals surface area contributed by atoms with Crippen LogP contribution in [0.15, 0.2) is 47.2 Å². The summed E-state index contributed by atoms with van der Waals surface area (Å²) in [7, 11) is 1.24. The molecule has 0 aliphatic carbocycles. The van der Waals surface area contributed by atoms with Gasteiger partial charge in [-0.2, -0.15) is 0 Å². The summed E-state index contributed by atoms with van der Waals surface area (Å²) in [6, 6.07) is 8.12. The summed E-state index contributed by atoms with van der Waals surface area (Å²) in [6.07, 6.45) is 1.63. The first kappa shape index (κ1) is 18.6. The van der Waals surface area contributed by atoms with Crippen molar-refractivity contribution in [1.29, 1.82) is 0 Å². The van der Waals surface area contributed by atoms with Gasteiger partial charge in [0.25, 0.3) is 5.91 Å². The molecule has 1 aromatic carbocycles. The number of esters is 1. The Hall–Kier alpha value is -2.74. The van der Waals surface area contributed by atoms with Crippen LogP contribution in [0.25, 0.3) is 0 Å². The molecule has 130 valence electrons. The number of pyridine rings is 1. The first-order chi connectivity index (χ1) is 11.9. The average Bonchev–Trinajstić information content (AvgIpc) is 2.62. The maximum atomic E-state index is 12.3. The lowest BCUT2D eigenvalue weighted by Gasteiger charge is -2.15. The van der Waals surface area contributed by atoms with E-state index in [0.29, 0.717) is 10.2 Å². The number of ether oxygens (including phenoxy) is 1. The molecule has 1 aromatic heterocycles. The van der Waals surface area contributed by atoms with Gasteiger partial charge in [0.2, 0.25) is 0 Å². The number of nitrogens with zero attached hydrogens (tertiary/aromatic N) is 1. The zero-order chi connectivity index (χ0) is 18.4. The Kier molecular flexibility index (Phi) is 6.24. The molecule has 0 saturated carbocycles. The number of hydrogen-bond acceptors (Lipinski definition) is 5. The molecule has 0 bridgehead atoms. The van der Waals surface area contributed by atoms with Crippen molar-refractivity contribution in [2.24, 2.45) is 0 Å². The van der Waals surface area contributed by atoms with Gasteiger partial charge in [-0.25, -0.2) is 14.6 Å². The number of carboxylic acid groups (broad SMARTS) is 1. The second kappa shape index (κ2) is 8.39. The van der Waals surface area contributed by atoms with Crippen molar-refractivity contribution >= 4 is 33.8 Å². The molecule has 8 heteroatoms. The minimum atomic E-state index is -1.17. The number of carbonyl (C=O) groups is 3. The van der Waals surface area contributed by atoms with Gasteiger partial charge in [0.05, 0.1) is 12.7 Å². The number of halogens is 1. The van der Waals surface area contributed by atoms with E-state index < -0.39 is 23.9 Å². The van der Waals surface area contributed by atoms with Crippen LogP contribution in [0.3, 0.4) is 0 Å². The van der Waals surface area contributed by atoms with Crippen molar-refractivity contribution in [3.8, 4) is 0 Å². The standard InChI is InChI=1S/C17H15BrN2O5/c1-25-17(24)12-5-2-4-11(8-12)15(21)20-13(16(22)23)9-10-6-3-7-19-14(10)18/h2-8,13H,9H2,1H3,(H,20,21)(H,22,23)/t13-/m1/s1. The van der Waals surface area contributed by atoms with Crippen molar-refractivity contribution in [2.75, 3.05) is 7.11 Å². The van der Waals surface area contributed by atoms with Crippen molar-refractivity contribution in [3.63, 3.8) is 0 Å². The quantitative estimate of drug-likeness (QED) is 0.561. The maximum Gasteiger partial charge on any atom is 0.337 e.